The number of pyridine rings is 1. The fourth-order valence-electron chi connectivity index (χ4n) is 1.68. The Morgan fingerprint density at radius 3 is 2.68 bits per heavy atom. The number of hydrogen-bond acceptors (Lipinski definition) is 4. The van der Waals surface area contributed by atoms with E-state index >= 15 is 0 Å². The summed E-state index contributed by atoms with van der Waals surface area (Å²) < 4.78 is 28.1. The predicted molar refractivity (Wildman–Crippen MR) is 77.8 cm³/mol. The zero-order chi connectivity index (χ0) is 14.0. The number of aromatic nitrogens is 1. The van der Waals surface area contributed by atoms with E-state index in [9.17, 15) is 8.78 Å². The summed E-state index contributed by atoms with van der Waals surface area (Å²) >= 11 is 4.94. The number of rotatable bonds is 4. The Morgan fingerprint density at radius 2 is 2.11 bits per heavy atom. The molecule has 0 spiro atoms. The molecule has 0 fully saturated rings. The van der Waals surface area contributed by atoms with Gasteiger partial charge >= 0.3 is 0 Å². The summed E-state index contributed by atoms with van der Waals surface area (Å²) in [6.07, 6.45) is 0. The average molecular weight is 348 g/mol. The minimum absolute atomic E-state index is 0.0368. The van der Waals surface area contributed by atoms with E-state index in [-0.39, 0.29) is 11.6 Å². The van der Waals surface area contributed by atoms with Crippen LogP contribution in [-0.2, 0) is 6.54 Å². The second kappa shape index (κ2) is 5.83. The van der Waals surface area contributed by atoms with Gasteiger partial charge in [-0.25, -0.2) is 13.8 Å². The van der Waals surface area contributed by atoms with E-state index < -0.39 is 11.6 Å². The SMILES string of the molecule is CNc1nc(N(C)Cc2csc(Br)c2)c(F)cc1F. The topological polar surface area (TPSA) is 28.2 Å². The van der Waals surface area contributed by atoms with Gasteiger partial charge in [-0.1, -0.05) is 0 Å². The Hall–Kier alpha value is -1.21. The van der Waals surface area contributed by atoms with Crippen molar-refractivity contribution >= 4 is 38.9 Å². The quantitative estimate of drug-likeness (QED) is 0.910. The highest BCUT2D eigenvalue weighted by molar-refractivity contribution is 9.11. The van der Waals surface area contributed by atoms with Gasteiger partial charge in [0.2, 0.25) is 0 Å². The van der Waals surface area contributed by atoms with Crippen molar-refractivity contribution in [2.45, 2.75) is 6.54 Å². The van der Waals surface area contributed by atoms with Gasteiger partial charge in [0.05, 0.1) is 3.79 Å². The maximum absolute atomic E-state index is 13.7. The maximum atomic E-state index is 13.7. The van der Waals surface area contributed by atoms with Crippen LogP contribution in [0.4, 0.5) is 20.4 Å². The van der Waals surface area contributed by atoms with Gasteiger partial charge < -0.3 is 10.2 Å². The Kier molecular flexibility index (Phi) is 4.36. The molecule has 0 saturated heterocycles. The van der Waals surface area contributed by atoms with Gasteiger partial charge in [-0.2, -0.15) is 0 Å². The largest absolute Gasteiger partial charge is 0.371 e. The van der Waals surface area contributed by atoms with Crippen molar-refractivity contribution in [2.75, 3.05) is 24.3 Å². The number of thiophene rings is 1. The lowest BCUT2D eigenvalue weighted by Crippen LogP contribution is -2.19. The first-order chi connectivity index (χ1) is 9.01. The molecule has 0 unspecified atom stereocenters. The Morgan fingerprint density at radius 1 is 1.37 bits per heavy atom. The molecule has 2 aromatic heterocycles. The molecule has 0 aliphatic rings. The van der Waals surface area contributed by atoms with Crippen LogP contribution in [0.5, 0.6) is 0 Å². The lowest BCUT2D eigenvalue weighted by Gasteiger charge is -2.19. The highest BCUT2D eigenvalue weighted by atomic mass is 79.9. The first kappa shape index (κ1) is 14.2. The predicted octanol–water partition coefficient (Wildman–Crippen LogP) is 3.86. The molecule has 0 radical (unpaired) electrons. The van der Waals surface area contributed by atoms with Crippen molar-refractivity contribution in [1.29, 1.82) is 0 Å². The van der Waals surface area contributed by atoms with Crippen molar-refractivity contribution in [3.8, 4) is 0 Å². The van der Waals surface area contributed by atoms with Crippen molar-refractivity contribution in [2.24, 2.45) is 0 Å². The van der Waals surface area contributed by atoms with Gasteiger partial charge in [0.25, 0.3) is 0 Å². The van der Waals surface area contributed by atoms with Crippen LogP contribution < -0.4 is 10.2 Å². The molecule has 0 aromatic carbocycles. The van der Waals surface area contributed by atoms with Crippen LogP contribution in [-0.4, -0.2) is 19.1 Å². The molecule has 0 atom stereocenters. The monoisotopic (exact) mass is 347 g/mol. The fourth-order valence-corrected chi connectivity index (χ4v) is 2.88. The summed E-state index contributed by atoms with van der Waals surface area (Å²) in [5.41, 5.74) is 1.04. The Bertz CT molecular complexity index is 588. The summed E-state index contributed by atoms with van der Waals surface area (Å²) in [5.74, 6) is -1.22. The normalized spacial score (nSPS) is 10.6. The Labute approximate surface area is 122 Å². The Balaban J connectivity index is 2.25. The van der Waals surface area contributed by atoms with E-state index in [1.54, 1.807) is 30.3 Å². The highest BCUT2D eigenvalue weighted by Crippen LogP contribution is 2.25. The van der Waals surface area contributed by atoms with Gasteiger partial charge in [-0.3, -0.25) is 0 Å². The van der Waals surface area contributed by atoms with Gasteiger partial charge in [0, 0.05) is 26.7 Å². The zero-order valence-electron chi connectivity index (χ0n) is 10.4. The summed E-state index contributed by atoms with van der Waals surface area (Å²) in [6, 6.07) is 2.80. The lowest BCUT2D eigenvalue weighted by atomic mass is 10.3. The van der Waals surface area contributed by atoms with Gasteiger partial charge in [-0.15, -0.1) is 11.3 Å². The molecular weight excluding hydrogens is 336 g/mol. The molecule has 19 heavy (non-hydrogen) atoms. The molecule has 0 aliphatic carbocycles. The lowest BCUT2D eigenvalue weighted by molar-refractivity contribution is 0.573. The van der Waals surface area contributed by atoms with E-state index in [1.165, 1.54) is 0 Å². The van der Waals surface area contributed by atoms with E-state index in [0.29, 0.717) is 6.54 Å². The smallest absolute Gasteiger partial charge is 0.168 e. The molecular formula is C12H12BrF2N3S. The number of nitrogens with one attached hydrogen (secondary N) is 1. The number of halogens is 3. The summed E-state index contributed by atoms with van der Waals surface area (Å²) in [5, 5.41) is 4.57. The van der Waals surface area contributed by atoms with Crippen molar-refractivity contribution in [3.05, 3.63) is 38.5 Å². The molecule has 0 amide bonds. The van der Waals surface area contributed by atoms with Gasteiger partial charge in [0.1, 0.15) is 0 Å². The van der Waals surface area contributed by atoms with E-state index in [0.717, 1.165) is 15.4 Å². The number of anilines is 2. The third kappa shape index (κ3) is 3.22. The second-order valence-electron chi connectivity index (χ2n) is 3.99. The van der Waals surface area contributed by atoms with E-state index in [1.807, 2.05) is 11.4 Å². The molecule has 0 bridgehead atoms. The molecule has 2 rings (SSSR count). The zero-order valence-corrected chi connectivity index (χ0v) is 12.8. The van der Waals surface area contributed by atoms with Crippen molar-refractivity contribution < 1.29 is 8.78 Å². The minimum atomic E-state index is -0.699. The first-order valence-electron chi connectivity index (χ1n) is 5.49. The van der Waals surface area contributed by atoms with Crippen LogP contribution >= 0.6 is 27.3 Å². The van der Waals surface area contributed by atoms with Crippen LogP contribution in [0, 0.1) is 11.6 Å². The first-order valence-corrected chi connectivity index (χ1v) is 7.16. The molecule has 0 aliphatic heterocycles. The standard InChI is InChI=1S/C12H12BrF2N3S/c1-16-11-8(14)4-9(15)12(17-11)18(2)5-7-3-10(13)19-6-7/h3-4,6H,5H2,1-2H3,(H,16,17). The molecule has 102 valence electrons. The summed E-state index contributed by atoms with van der Waals surface area (Å²) in [4.78, 5) is 5.59. The number of nitrogens with zero attached hydrogens (tertiary/aromatic N) is 2. The van der Waals surface area contributed by atoms with Crippen molar-refractivity contribution in [1.82, 2.24) is 4.98 Å². The molecule has 1 N–H and O–H groups in total. The fraction of sp³-hybridized carbons (Fsp3) is 0.250. The van der Waals surface area contributed by atoms with Crippen molar-refractivity contribution in [3.63, 3.8) is 0 Å². The summed E-state index contributed by atoms with van der Waals surface area (Å²) in [6.45, 7) is 0.501. The second-order valence-corrected chi connectivity index (χ2v) is 6.28. The average Bonchev–Trinajstić information content (AvgIpc) is 2.74. The van der Waals surface area contributed by atoms with Crippen LogP contribution in [0.2, 0.25) is 0 Å². The third-order valence-electron chi connectivity index (χ3n) is 2.55. The molecule has 2 aromatic rings. The molecule has 3 nitrogen and oxygen atoms in total. The number of hydrogen-bond donors (Lipinski definition) is 1. The molecule has 0 saturated carbocycles. The van der Waals surface area contributed by atoms with E-state index in [4.69, 9.17) is 0 Å². The molecule has 7 heteroatoms. The summed E-state index contributed by atoms with van der Waals surface area (Å²) in [7, 11) is 3.26. The van der Waals surface area contributed by atoms with Crippen LogP contribution in [0.15, 0.2) is 21.3 Å². The highest BCUT2D eigenvalue weighted by Gasteiger charge is 2.15. The third-order valence-corrected chi connectivity index (χ3v) is 4.10. The van der Waals surface area contributed by atoms with Crippen LogP contribution in [0.3, 0.4) is 0 Å². The minimum Gasteiger partial charge on any atom is -0.371 e. The van der Waals surface area contributed by atoms with Crippen LogP contribution in [0.1, 0.15) is 5.56 Å². The van der Waals surface area contributed by atoms with Gasteiger partial charge in [0.15, 0.2) is 23.3 Å². The maximum Gasteiger partial charge on any atom is 0.168 e. The van der Waals surface area contributed by atoms with Crippen LogP contribution in [0.25, 0.3) is 0 Å². The van der Waals surface area contributed by atoms with E-state index in [2.05, 4.69) is 26.2 Å². The molecule has 2 heterocycles. The van der Waals surface area contributed by atoms with Gasteiger partial charge in [-0.05, 0) is 32.9 Å².